The van der Waals surface area contributed by atoms with Gasteiger partial charge in [-0.15, -0.1) is 11.3 Å². The average Bonchev–Trinajstić information content (AvgIpc) is 2.74. The summed E-state index contributed by atoms with van der Waals surface area (Å²) in [5.41, 5.74) is 0. The Morgan fingerprint density at radius 3 is 3.08 bits per heavy atom. The Balaban J connectivity index is 1.91. The fourth-order valence-corrected chi connectivity index (χ4v) is 1.50. The molecule has 2 aromatic rings. The normalized spacial score (nSPS) is 10.0. The molecule has 0 radical (unpaired) electrons. The first-order valence-corrected chi connectivity index (χ1v) is 4.50. The first-order valence-electron chi connectivity index (χ1n) is 3.62. The standard InChI is InChI=1S/C9H8O2S/c1-2-9(12-5-1)7-11-8-3-4-10-6-8/h1-6H,7H2. The van der Waals surface area contributed by atoms with Gasteiger partial charge in [0.1, 0.15) is 12.9 Å². The summed E-state index contributed by atoms with van der Waals surface area (Å²) in [5, 5.41) is 2.04. The molecular formula is C9H8O2S. The Hall–Kier alpha value is -1.22. The van der Waals surface area contributed by atoms with Gasteiger partial charge in [0.15, 0.2) is 5.75 Å². The van der Waals surface area contributed by atoms with Crippen molar-refractivity contribution in [3.8, 4) is 5.75 Å². The number of hydrogen-bond acceptors (Lipinski definition) is 3. The van der Waals surface area contributed by atoms with Crippen molar-refractivity contribution in [1.29, 1.82) is 0 Å². The lowest BCUT2D eigenvalue weighted by molar-refractivity contribution is 0.306. The van der Waals surface area contributed by atoms with Crippen molar-refractivity contribution in [3.05, 3.63) is 41.0 Å². The van der Waals surface area contributed by atoms with Crippen LogP contribution in [0.2, 0.25) is 0 Å². The van der Waals surface area contributed by atoms with Crippen molar-refractivity contribution in [2.24, 2.45) is 0 Å². The predicted octanol–water partition coefficient (Wildman–Crippen LogP) is 2.92. The van der Waals surface area contributed by atoms with E-state index in [4.69, 9.17) is 9.15 Å². The monoisotopic (exact) mass is 180 g/mol. The lowest BCUT2D eigenvalue weighted by Gasteiger charge is -1.98. The molecule has 12 heavy (non-hydrogen) atoms. The van der Waals surface area contributed by atoms with Gasteiger partial charge in [0.05, 0.1) is 6.26 Å². The minimum atomic E-state index is 0.622. The zero-order chi connectivity index (χ0) is 8.23. The summed E-state index contributed by atoms with van der Waals surface area (Å²) in [6.07, 6.45) is 3.19. The van der Waals surface area contributed by atoms with Crippen LogP contribution in [0.15, 0.2) is 40.5 Å². The summed E-state index contributed by atoms with van der Waals surface area (Å²) in [4.78, 5) is 1.22. The quantitative estimate of drug-likeness (QED) is 0.724. The van der Waals surface area contributed by atoms with Gasteiger partial charge < -0.3 is 9.15 Å². The SMILES string of the molecule is c1csc(COc2ccoc2)c1. The van der Waals surface area contributed by atoms with Crippen LogP contribution in [-0.2, 0) is 6.61 Å². The molecule has 0 atom stereocenters. The van der Waals surface area contributed by atoms with Crippen LogP contribution in [0.25, 0.3) is 0 Å². The number of rotatable bonds is 3. The third-order valence-corrected chi connectivity index (χ3v) is 2.31. The zero-order valence-corrected chi connectivity index (χ0v) is 7.21. The second-order valence-corrected chi connectivity index (χ2v) is 3.36. The summed E-state index contributed by atoms with van der Waals surface area (Å²) in [5.74, 6) is 0.781. The van der Waals surface area contributed by atoms with E-state index in [9.17, 15) is 0 Å². The van der Waals surface area contributed by atoms with E-state index in [0.29, 0.717) is 6.61 Å². The third kappa shape index (κ3) is 1.68. The maximum atomic E-state index is 5.41. The van der Waals surface area contributed by atoms with Crippen molar-refractivity contribution < 1.29 is 9.15 Å². The number of thiophene rings is 1. The van der Waals surface area contributed by atoms with Crippen molar-refractivity contribution in [1.82, 2.24) is 0 Å². The summed E-state index contributed by atoms with van der Waals surface area (Å²) < 4.78 is 10.3. The highest BCUT2D eigenvalue weighted by Gasteiger charge is 1.96. The van der Waals surface area contributed by atoms with Gasteiger partial charge in [0, 0.05) is 10.9 Å². The van der Waals surface area contributed by atoms with Gasteiger partial charge in [-0.1, -0.05) is 6.07 Å². The molecule has 0 saturated heterocycles. The zero-order valence-electron chi connectivity index (χ0n) is 6.40. The molecule has 0 amide bonds. The fraction of sp³-hybridized carbons (Fsp3) is 0.111. The molecule has 0 N–H and O–H groups in total. The van der Waals surface area contributed by atoms with Crippen molar-refractivity contribution in [2.75, 3.05) is 0 Å². The predicted molar refractivity (Wildman–Crippen MR) is 47.4 cm³/mol. The molecule has 0 saturated carbocycles. The van der Waals surface area contributed by atoms with E-state index >= 15 is 0 Å². The maximum absolute atomic E-state index is 5.41. The largest absolute Gasteiger partial charge is 0.485 e. The molecule has 0 aliphatic rings. The number of furan rings is 1. The minimum absolute atomic E-state index is 0.622. The minimum Gasteiger partial charge on any atom is -0.485 e. The highest BCUT2D eigenvalue weighted by Crippen LogP contribution is 2.15. The molecule has 0 aliphatic carbocycles. The molecule has 62 valence electrons. The molecule has 0 spiro atoms. The molecule has 0 fully saturated rings. The van der Waals surface area contributed by atoms with Crippen LogP contribution >= 0.6 is 11.3 Å². The molecular weight excluding hydrogens is 172 g/mol. The molecule has 2 aromatic heterocycles. The van der Waals surface area contributed by atoms with E-state index in [-0.39, 0.29) is 0 Å². The first-order chi connectivity index (χ1) is 5.95. The summed E-state index contributed by atoms with van der Waals surface area (Å²) >= 11 is 1.69. The highest BCUT2D eigenvalue weighted by atomic mass is 32.1. The van der Waals surface area contributed by atoms with Gasteiger partial charge in [-0.2, -0.15) is 0 Å². The Bertz CT molecular complexity index is 276. The van der Waals surface area contributed by atoms with E-state index in [2.05, 4.69) is 0 Å². The second kappa shape index (κ2) is 3.45. The molecule has 2 nitrogen and oxygen atoms in total. The average molecular weight is 180 g/mol. The summed E-state index contributed by atoms with van der Waals surface area (Å²) in [6.45, 7) is 0.622. The lowest BCUT2D eigenvalue weighted by Crippen LogP contribution is -1.90. The number of ether oxygens (including phenoxy) is 1. The van der Waals surface area contributed by atoms with Crippen LogP contribution in [0, 0.1) is 0 Å². The van der Waals surface area contributed by atoms with Crippen LogP contribution in [0.3, 0.4) is 0 Å². The molecule has 2 rings (SSSR count). The van der Waals surface area contributed by atoms with Gasteiger partial charge in [0.25, 0.3) is 0 Å². The van der Waals surface area contributed by atoms with Crippen LogP contribution < -0.4 is 4.74 Å². The van der Waals surface area contributed by atoms with Gasteiger partial charge in [-0.05, 0) is 11.4 Å². The van der Waals surface area contributed by atoms with E-state index in [1.165, 1.54) is 4.88 Å². The van der Waals surface area contributed by atoms with Crippen molar-refractivity contribution in [2.45, 2.75) is 6.61 Å². The smallest absolute Gasteiger partial charge is 0.157 e. The van der Waals surface area contributed by atoms with E-state index < -0.39 is 0 Å². The van der Waals surface area contributed by atoms with E-state index in [1.807, 2.05) is 17.5 Å². The Morgan fingerprint density at radius 1 is 1.42 bits per heavy atom. The van der Waals surface area contributed by atoms with Gasteiger partial charge in [0.2, 0.25) is 0 Å². The molecule has 0 unspecified atom stereocenters. The molecule has 3 heteroatoms. The number of hydrogen-bond donors (Lipinski definition) is 0. The second-order valence-electron chi connectivity index (χ2n) is 2.33. The molecule has 0 aliphatic heterocycles. The Morgan fingerprint density at radius 2 is 2.42 bits per heavy atom. The summed E-state index contributed by atoms with van der Waals surface area (Å²) in [7, 11) is 0. The van der Waals surface area contributed by atoms with Crippen molar-refractivity contribution in [3.63, 3.8) is 0 Å². The van der Waals surface area contributed by atoms with Crippen LogP contribution in [0.1, 0.15) is 4.88 Å². The van der Waals surface area contributed by atoms with Crippen molar-refractivity contribution >= 4 is 11.3 Å². The van der Waals surface area contributed by atoms with Crippen LogP contribution in [-0.4, -0.2) is 0 Å². The van der Waals surface area contributed by atoms with Crippen LogP contribution in [0.4, 0.5) is 0 Å². The van der Waals surface area contributed by atoms with Gasteiger partial charge in [-0.25, -0.2) is 0 Å². The van der Waals surface area contributed by atoms with Gasteiger partial charge in [-0.3, -0.25) is 0 Å². The molecule has 2 heterocycles. The summed E-state index contributed by atoms with van der Waals surface area (Å²) in [6, 6.07) is 5.86. The Labute approximate surface area is 74.4 Å². The molecule has 0 bridgehead atoms. The highest BCUT2D eigenvalue weighted by molar-refractivity contribution is 7.09. The van der Waals surface area contributed by atoms with E-state index in [0.717, 1.165) is 5.75 Å². The van der Waals surface area contributed by atoms with Crippen LogP contribution in [0.5, 0.6) is 5.75 Å². The van der Waals surface area contributed by atoms with Gasteiger partial charge >= 0.3 is 0 Å². The van der Waals surface area contributed by atoms with E-state index in [1.54, 1.807) is 29.9 Å². The third-order valence-electron chi connectivity index (χ3n) is 1.46. The molecule has 0 aromatic carbocycles. The first kappa shape index (κ1) is 7.43. The maximum Gasteiger partial charge on any atom is 0.157 e. The Kier molecular flexibility index (Phi) is 2.14. The topological polar surface area (TPSA) is 22.4 Å². The lowest BCUT2D eigenvalue weighted by atomic mass is 10.5. The fourth-order valence-electron chi connectivity index (χ4n) is 0.883.